The van der Waals surface area contributed by atoms with Crippen LogP contribution in [0.25, 0.3) is 0 Å². The summed E-state index contributed by atoms with van der Waals surface area (Å²) in [5, 5.41) is 9.86. The van der Waals surface area contributed by atoms with Gasteiger partial charge in [0.05, 0.1) is 12.7 Å². The van der Waals surface area contributed by atoms with Crippen LogP contribution in [0.2, 0.25) is 0 Å². The molecule has 1 aromatic carbocycles. The largest absolute Gasteiger partial charge is 0.494 e. The second kappa shape index (κ2) is 7.51. The standard InChI is InChI=1S/C16H25NO2/c1-2-14-13-17(11-9-16(14)18)10-6-12-19-15-7-4-3-5-8-15/h3-5,7-8,14,16,18H,2,6,9-13H2,1H3. The number of aliphatic hydroxyl groups excluding tert-OH is 1. The predicted octanol–water partition coefficient (Wildman–Crippen LogP) is 2.55. The molecule has 0 spiro atoms. The number of likely N-dealkylation sites (tertiary alicyclic amines) is 1. The maximum Gasteiger partial charge on any atom is 0.119 e. The van der Waals surface area contributed by atoms with Crippen LogP contribution in [0.3, 0.4) is 0 Å². The van der Waals surface area contributed by atoms with Gasteiger partial charge in [0.2, 0.25) is 0 Å². The van der Waals surface area contributed by atoms with E-state index in [9.17, 15) is 5.11 Å². The van der Waals surface area contributed by atoms with Crippen LogP contribution in [0.1, 0.15) is 26.2 Å². The molecule has 1 N–H and O–H groups in total. The van der Waals surface area contributed by atoms with Crippen molar-refractivity contribution in [3.63, 3.8) is 0 Å². The van der Waals surface area contributed by atoms with Crippen LogP contribution >= 0.6 is 0 Å². The zero-order valence-corrected chi connectivity index (χ0v) is 11.8. The lowest BCUT2D eigenvalue weighted by atomic mass is 9.92. The van der Waals surface area contributed by atoms with E-state index in [1.165, 1.54) is 0 Å². The SMILES string of the molecule is CCC1CN(CCCOc2ccccc2)CCC1O. The first kappa shape index (κ1) is 14.4. The molecule has 0 aliphatic carbocycles. The first-order valence-corrected chi connectivity index (χ1v) is 7.38. The van der Waals surface area contributed by atoms with Gasteiger partial charge in [-0.1, -0.05) is 25.1 Å². The van der Waals surface area contributed by atoms with Gasteiger partial charge in [-0.3, -0.25) is 0 Å². The summed E-state index contributed by atoms with van der Waals surface area (Å²) in [7, 11) is 0. The fourth-order valence-electron chi connectivity index (χ4n) is 2.69. The van der Waals surface area contributed by atoms with Gasteiger partial charge in [-0.2, -0.15) is 0 Å². The van der Waals surface area contributed by atoms with Crippen molar-refractivity contribution in [3.05, 3.63) is 30.3 Å². The Morgan fingerprint density at radius 1 is 1.32 bits per heavy atom. The minimum absolute atomic E-state index is 0.0955. The molecular weight excluding hydrogens is 238 g/mol. The lowest BCUT2D eigenvalue weighted by Crippen LogP contribution is -2.43. The van der Waals surface area contributed by atoms with E-state index in [4.69, 9.17) is 4.74 Å². The summed E-state index contributed by atoms with van der Waals surface area (Å²) in [6.07, 6.45) is 2.93. The molecule has 0 bridgehead atoms. The maximum absolute atomic E-state index is 9.86. The minimum Gasteiger partial charge on any atom is -0.494 e. The average Bonchev–Trinajstić information content (AvgIpc) is 2.46. The number of hydrogen-bond donors (Lipinski definition) is 1. The predicted molar refractivity (Wildman–Crippen MR) is 77.4 cm³/mol. The molecule has 0 radical (unpaired) electrons. The van der Waals surface area contributed by atoms with Crippen LogP contribution in [-0.4, -0.2) is 42.4 Å². The molecule has 3 heteroatoms. The van der Waals surface area contributed by atoms with E-state index in [-0.39, 0.29) is 6.10 Å². The van der Waals surface area contributed by atoms with E-state index in [1.807, 2.05) is 30.3 Å². The highest BCUT2D eigenvalue weighted by Gasteiger charge is 2.25. The Morgan fingerprint density at radius 2 is 2.11 bits per heavy atom. The van der Waals surface area contributed by atoms with Crippen molar-refractivity contribution < 1.29 is 9.84 Å². The van der Waals surface area contributed by atoms with Crippen molar-refractivity contribution in [1.82, 2.24) is 4.90 Å². The van der Waals surface area contributed by atoms with Crippen molar-refractivity contribution >= 4 is 0 Å². The van der Waals surface area contributed by atoms with Crippen LogP contribution in [0, 0.1) is 5.92 Å². The Balaban J connectivity index is 1.63. The van der Waals surface area contributed by atoms with Crippen molar-refractivity contribution in [1.29, 1.82) is 0 Å². The third-order valence-electron chi connectivity index (χ3n) is 3.93. The van der Waals surface area contributed by atoms with Gasteiger partial charge in [0.25, 0.3) is 0 Å². The molecule has 0 saturated carbocycles. The summed E-state index contributed by atoms with van der Waals surface area (Å²) >= 11 is 0. The molecule has 106 valence electrons. The van der Waals surface area contributed by atoms with Crippen molar-refractivity contribution in [2.45, 2.75) is 32.3 Å². The molecule has 2 rings (SSSR count). The fourth-order valence-corrected chi connectivity index (χ4v) is 2.69. The summed E-state index contributed by atoms with van der Waals surface area (Å²) in [4.78, 5) is 2.45. The number of nitrogens with zero attached hydrogens (tertiary/aromatic N) is 1. The number of para-hydroxylation sites is 1. The topological polar surface area (TPSA) is 32.7 Å². The Kier molecular flexibility index (Phi) is 5.67. The van der Waals surface area contributed by atoms with Crippen LogP contribution in [0.15, 0.2) is 30.3 Å². The van der Waals surface area contributed by atoms with Gasteiger partial charge < -0.3 is 14.7 Å². The summed E-state index contributed by atoms with van der Waals surface area (Å²) in [6.45, 7) is 6.04. The Hall–Kier alpha value is -1.06. The highest BCUT2D eigenvalue weighted by atomic mass is 16.5. The Bertz CT molecular complexity index is 355. The number of piperidine rings is 1. The van der Waals surface area contributed by atoms with Gasteiger partial charge in [-0.05, 0) is 37.3 Å². The van der Waals surface area contributed by atoms with E-state index < -0.39 is 0 Å². The van der Waals surface area contributed by atoms with Gasteiger partial charge in [0.1, 0.15) is 5.75 Å². The summed E-state index contributed by atoms with van der Waals surface area (Å²) in [5.41, 5.74) is 0. The minimum atomic E-state index is -0.0955. The lowest BCUT2D eigenvalue weighted by molar-refractivity contribution is 0.0237. The molecular formula is C16H25NO2. The number of hydrogen-bond acceptors (Lipinski definition) is 3. The zero-order chi connectivity index (χ0) is 13.5. The molecule has 1 fully saturated rings. The molecule has 0 amide bonds. The quantitative estimate of drug-likeness (QED) is 0.801. The summed E-state index contributed by atoms with van der Waals surface area (Å²) < 4.78 is 5.70. The van der Waals surface area contributed by atoms with E-state index in [2.05, 4.69) is 11.8 Å². The molecule has 1 aliphatic rings. The summed E-state index contributed by atoms with van der Waals surface area (Å²) in [5.74, 6) is 1.40. The first-order chi connectivity index (χ1) is 9.29. The number of rotatable bonds is 6. The van der Waals surface area contributed by atoms with Crippen LogP contribution in [-0.2, 0) is 0 Å². The van der Waals surface area contributed by atoms with Crippen LogP contribution in [0.5, 0.6) is 5.75 Å². The molecule has 1 aromatic rings. The lowest BCUT2D eigenvalue weighted by Gasteiger charge is -2.35. The highest BCUT2D eigenvalue weighted by molar-refractivity contribution is 5.20. The molecule has 1 saturated heterocycles. The van der Waals surface area contributed by atoms with Crippen LogP contribution in [0.4, 0.5) is 0 Å². The molecule has 19 heavy (non-hydrogen) atoms. The highest BCUT2D eigenvalue weighted by Crippen LogP contribution is 2.20. The van der Waals surface area contributed by atoms with Gasteiger partial charge in [-0.25, -0.2) is 0 Å². The fraction of sp³-hybridized carbons (Fsp3) is 0.625. The molecule has 1 heterocycles. The zero-order valence-electron chi connectivity index (χ0n) is 11.8. The average molecular weight is 263 g/mol. The molecule has 2 unspecified atom stereocenters. The number of benzene rings is 1. The first-order valence-electron chi connectivity index (χ1n) is 7.38. The third kappa shape index (κ3) is 4.51. The van der Waals surface area contributed by atoms with Gasteiger partial charge in [-0.15, -0.1) is 0 Å². The van der Waals surface area contributed by atoms with E-state index >= 15 is 0 Å². The number of aliphatic hydroxyl groups is 1. The summed E-state index contributed by atoms with van der Waals surface area (Å²) in [6, 6.07) is 9.96. The Morgan fingerprint density at radius 3 is 2.84 bits per heavy atom. The van der Waals surface area contributed by atoms with Gasteiger partial charge >= 0.3 is 0 Å². The smallest absolute Gasteiger partial charge is 0.119 e. The van der Waals surface area contributed by atoms with Gasteiger partial charge in [0.15, 0.2) is 0 Å². The van der Waals surface area contributed by atoms with Gasteiger partial charge in [0, 0.05) is 19.6 Å². The molecule has 3 nitrogen and oxygen atoms in total. The molecule has 2 atom stereocenters. The second-order valence-electron chi connectivity index (χ2n) is 5.34. The third-order valence-corrected chi connectivity index (χ3v) is 3.93. The monoisotopic (exact) mass is 263 g/mol. The Labute approximate surface area is 116 Å². The molecule has 0 aromatic heterocycles. The molecule has 1 aliphatic heterocycles. The van der Waals surface area contributed by atoms with Crippen LogP contribution < -0.4 is 4.74 Å². The van der Waals surface area contributed by atoms with Crippen molar-refractivity contribution in [3.8, 4) is 5.75 Å². The van der Waals surface area contributed by atoms with E-state index in [0.717, 1.165) is 51.3 Å². The van der Waals surface area contributed by atoms with Crippen molar-refractivity contribution in [2.24, 2.45) is 5.92 Å². The van der Waals surface area contributed by atoms with E-state index in [1.54, 1.807) is 0 Å². The second-order valence-corrected chi connectivity index (χ2v) is 5.34. The van der Waals surface area contributed by atoms with E-state index in [0.29, 0.717) is 5.92 Å². The number of ether oxygens (including phenoxy) is 1. The van der Waals surface area contributed by atoms with Crippen molar-refractivity contribution in [2.75, 3.05) is 26.2 Å². The normalized spacial score (nSPS) is 24.3. The maximum atomic E-state index is 9.86.